The lowest BCUT2D eigenvalue weighted by atomic mass is 10.2. The molecule has 1 aliphatic heterocycles. The van der Waals surface area contributed by atoms with Crippen LogP contribution in [0.15, 0.2) is 18.3 Å². The molecule has 0 bridgehead atoms. The van der Waals surface area contributed by atoms with Gasteiger partial charge in [0.1, 0.15) is 5.82 Å². The maximum Gasteiger partial charge on any atom is 0.240 e. The van der Waals surface area contributed by atoms with Gasteiger partial charge >= 0.3 is 0 Å². The molecular formula is C13H19ClN4O3S. The number of rotatable bonds is 4. The zero-order valence-corrected chi connectivity index (χ0v) is 14.1. The maximum absolute atomic E-state index is 12.2. The zero-order valence-electron chi connectivity index (χ0n) is 12.5. The van der Waals surface area contributed by atoms with E-state index in [2.05, 4.69) is 9.71 Å². The van der Waals surface area contributed by atoms with E-state index in [1.807, 2.05) is 4.90 Å². The van der Waals surface area contributed by atoms with Gasteiger partial charge in [-0.3, -0.25) is 4.79 Å². The molecule has 2 rings (SSSR count). The van der Waals surface area contributed by atoms with Gasteiger partial charge in [-0.05, 0) is 19.1 Å². The van der Waals surface area contributed by atoms with Crippen LogP contribution in [-0.2, 0) is 14.8 Å². The number of carbonyl (C=O) groups is 1. The number of amides is 1. The standard InChI is InChI=1S/C13H19ClN4O3S/c1-10(16-22(2,20)21)13(19)18-8-6-17(7-9-18)12-11(14)4-3-5-15-12/h3-5,10,16H,6-9H2,1-2H3/t10-/m0/s1. The van der Waals surface area contributed by atoms with Gasteiger partial charge in [0.2, 0.25) is 15.9 Å². The van der Waals surface area contributed by atoms with Gasteiger partial charge in [-0.15, -0.1) is 0 Å². The molecule has 0 saturated carbocycles. The number of sulfonamides is 1. The molecule has 22 heavy (non-hydrogen) atoms. The summed E-state index contributed by atoms with van der Waals surface area (Å²) < 4.78 is 24.7. The van der Waals surface area contributed by atoms with Crippen LogP contribution in [0.2, 0.25) is 5.02 Å². The third-order valence-electron chi connectivity index (χ3n) is 3.39. The molecule has 0 spiro atoms. The second kappa shape index (κ2) is 6.80. The summed E-state index contributed by atoms with van der Waals surface area (Å²) in [5.41, 5.74) is 0. The van der Waals surface area contributed by atoms with Crippen molar-refractivity contribution in [2.45, 2.75) is 13.0 Å². The Labute approximate surface area is 135 Å². The van der Waals surface area contributed by atoms with Crippen LogP contribution >= 0.6 is 11.6 Å². The number of anilines is 1. The van der Waals surface area contributed by atoms with E-state index >= 15 is 0 Å². The summed E-state index contributed by atoms with van der Waals surface area (Å²) in [6.07, 6.45) is 2.72. The SMILES string of the molecule is C[C@H](NS(C)(=O)=O)C(=O)N1CCN(c2ncccc2Cl)CC1. The Morgan fingerprint density at radius 2 is 2.00 bits per heavy atom. The predicted octanol–water partition coefficient (Wildman–Crippen LogP) is 0.321. The lowest BCUT2D eigenvalue weighted by Crippen LogP contribution is -2.54. The van der Waals surface area contributed by atoms with Crippen molar-refractivity contribution in [3.05, 3.63) is 23.4 Å². The number of pyridine rings is 1. The van der Waals surface area contributed by atoms with Gasteiger partial charge in [0.25, 0.3) is 0 Å². The lowest BCUT2D eigenvalue weighted by molar-refractivity contribution is -0.132. The first-order valence-electron chi connectivity index (χ1n) is 6.89. The van der Waals surface area contributed by atoms with E-state index in [1.54, 1.807) is 30.2 Å². The van der Waals surface area contributed by atoms with Gasteiger partial charge in [-0.2, -0.15) is 0 Å². The van der Waals surface area contributed by atoms with Crippen molar-refractivity contribution in [2.24, 2.45) is 0 Å². The monoisotopic (exact) mass is 346 g/mol. The molecule has 1 N–H and O–H groups in total. The number of halogens is 1. The first-order chi connectivity index (χ1) is 10.3. The molecule has 1 amide bonds. The van der Waals surface area contributed by atoms with Crippen LogP contribution in [0.1, 0.15) is 6.92 Å². The maximum atomic E-state index is 12.2. The third-order valence-corrected chi connectivity index (χ3v) is 4.47. The summed E-state index contributed by atoms with van der Waals surface area (Å²) in [4.78, 5) is 20.1. The number of carbonyl (C=O) groups excluding carboxylic acids is 1. The van der Waals surface area contributed by atoms with Crippen LogP contribution in [0.3, 0.4) is 0 Å². The van der Waals surface area contributed by atoms with E-state index in [4.69, 9.17) is 11.6 Å². The molecule has 1 aromatic heterocycles. The summed E-state index contributed by atoms with van der Waals surface area (Å²) in [5.74, 6) is 0.482. The number of piperazine rings is 1. The minimum Gasteiger partial charge on any atom is -0.352 e. The first-order valence-corrected chi connectivity index (χ1v) is 9.16. The predicted molar refractivity (Wildman–Crippen MR) is 85.5 cm³/mol. The highest BCUT2D eigenvalue weighted by Gasteiger charge is 2.27. The van der Waals surface area contributed by atoms with Crippen LogP contribution in [-0.4, -0.2) is 62.7 Å². The fourth-order valence-electron chi connectivity index (χ4n) is 2.39. The molecule has 122 valence electrons. The summed E-state index contributed by atoms with van der Waals surface area (Å²) >= 11 is 6.12. The Kier molecular flexibility index (Phi) is 5.25. The average molecular weight is 347 g/mol. The molecule has 7 nitrogen and oxygen atoms in total. The molecule has 0 aliphatic carbocycles. The second-order valence-corrected chi connectivity index (χ2v) is 7.42. The molecule has 1 atom stereocenters. The van der Waals surface area contributed by atoms with Gasteiger partial charge in [0, 0.05) is 32.4 Å². The Morgan fingerprint density at radius 1 is 1.36 bits per heavy atom. The minimum absolute atomic E-state index is 0.225. The third kappa shape index (κ3) is 4.31. The van der Waals surface area contributed by atoms with Gasteiger partial charge in [0.05, 0.1) is 17.3 Å². The van der Waals surface area contributed by atoms with E-state index < -0.39 is 16.1 Å². The van der Waals surface area contributed by atoms with Crippen LogP contribution in [0.5, 0.6) is 0 Å². The molecule has 1 aromatic rings. The summed E-state index contributed by atoms with van der Waals surface area (Å²) in [6, 6.07) is 2.78. The first kappa shape index (κ1) is 17.0. The van der Waals surface area contributed by atoms with Crippen molar-refractivity contribution in [1.82, 2.24) is 14.6 Å². The quantitative estimate of drug-likeness (QED) is 0.849. The Hall–Kier alpha value is -1.38. The Morgan fingerprint density at radius 3 is 2.55 bits per heavy atom. The Balaban J connectivity index is 1.95. The van der Waals surface area contributed by atoms with Crippen molar-refractivity contribution in [1.29, 1.82) is 0 Å². The van der Waals surface area contributed by atoms with Crippen molar-refractivity contribution in [2.75, 3.05) is 37.3 Å². The van der Waals surface area contributed by atoms with E-state index in [9.17, 15) is 13.2 Å². The van der Waals surface area contributed by atoms with Gasteiger partial charge < -0.3 is 9.80 Å². The second-order valence-electron chi connectivity index (χ2n) is 5.23. The van der Waals surface area contributed by atoms with Crippen molar-refractivity contribution < 1.29 is 13.2 Å². The summed E-state index contributed by atoms with van der Waals surface area (Å²) in [5, 5.41) is 0.578. The number of nitrogens with zero attached hydrogens (tertiary/aromatic N) is 3. The van der Waals surface area contributed by atoms with Crippen molar-refractivity contribution >= 4 is 33.3 Å². The molecule has 1 fully saturated rings. The molecular weight excluding hydrogens is 328 g/mol. The number of hydrogen-bond acceptors (Lipinski definition) is 5. The number of aromatic nitrogens is 1. The van der Waals surface area contributed by atoms with Crippen molar-refractivity contribution in [3.8, 4) is 0 Å². The van der Waals surface area contributed by atoms with E-state index in [1.165, 1.54) is 0 Å². The number of nitrogens with one attached hydrogen (secondary N) is 1. The average Bonchev–Trinajstić information content (AvgIpc) is 2.45. The summed E-state index contributed by atoms with van der Waals surface area (Å²) in [6.45, 7) is 3.76. The van der Waals surface area contributed by atoms with Gasteiger partial charge in [-0.1, -0.05) is 11.6 Å². The fourth-order valence-corrected chi connectivity index (χ4v) is 3.38. The smallest absolute Gasteiger partial charge is 0.240 e. The van der Waals surface area contributed by atoms with Crippen LogP contribution in [0, 0.1) is 0 Å². The molecule has 9 heteroatoms. The normalized spacial score (nSPS) is 17.4. The van der Waals surface area contributed by atoms with Crippen molar-refractivity contribution in [3.63, 3.8) is 0 Å². The van der Waals surface area contributed by atoms with Gasteiger partial charge in [0.15, 0.2) is 0 Å². The van der Waals surface area contributed by atoms with Crippen LogP contribution < -0.4 is 9.62 Å². The highest BCUT2D eigenvalue weighted by atomic mass is 35.5. The van der Waals surface area contributed by atoms with Gasteiger partial charge in [-0.25, -0.2) is 18.1 Å². The van der Waals surface area contributed by atoms with Crippen LogP contribution in [0.4, 0.5) is 5.82 Å². The largest absolute Gasteiger partial charge is 0.352 e. The molecule has 2 heterocycles. The topological polar surface area (TPSA) is 82.6 Å². The van der Waals surface area contributed by atoms with Crippen LogP contribution in [0.25, 0.3) is 0 Å². The minimum atomic E-state index is -3.40. The molecule has 1 aliphatic rings. The van der Waals surface area contributed by atoms with E-state index in [0.717, 1.165) is 6.26 Å². The molecule has 0 unspecified atom stereocenters. The molecule has 0 aromatic carbocycles. The zero-order chi connectivity index (χ0) is 16.3. The summed E-state index contributed by atoms with van der Waals surface area (Å²) in [7, 11) is -3.40. The highest BCUT2D eigenvalue weighted by molar-refractivity contribution is 7.88. The highest BCUT2D eigenvalue weighted by Crippen LogP contribution is 2.23. The van der Waals surface area contributed by atoms with E-state index in [-0.39, 0.29) is 5.91 Å². The molecule has 1 saturated heterocycles. The lowest BCUT2D eigenvalue weighted by Gasteiger charge is -2.36. The van der Waals surface area contributed by atoms with E-state index in [0.29, 0.717) is 37.0 Å². The number of hydrogen-bond donors (Lipinski definition) is 1. The Bertz CT molecular complexity index is 644. The fraction of sp³-hybridized carbons (Fsp3) is 0.538. The molecule has 0 radical (unpaired) electrons.